The largest absolute Gasteiger partial charge is 0.376 e. The first-order chi connectivity index (χ1) is 15.0. The molecule has 1 amide bonds. The highest BCUT2D eigenvalue weighted by Crippen LogP contribution is 2.26. The third-order valence-electron chi connectivity index (χ3n) is 5.35. The summed E-state index contributed by atoms with van der Waals surface area (Å²) < 4.78 is 5.58. The van der Waals surface area contributed by atoms with Crippen LogP contribution in [0.25, 0.3) is 0 Å². The van der Waals surface area contributed by atoms with Crippen LogP contribution < -0.4 is 16.0 Å². The smallest absolute Gasteiger partial charge is 0.251 e. The first-order valence-electron chi connectivity index (χ1n) is 11.0. The number of hydrogen-bond donors (Lipinski definition) is 3. The van der Waals surface area contributed by atoms with E-state index in [2.05, 4.69) is 54.2 Å². The number of nitrogens with one attached hydrogen (secondary N) is 3. The van der Waals surface area contributed by atoms with Crippen molar-refractivity contribution in [1.29, 1.82) is 0 Å². The molecular formula is C24H34N4O2S. The van der Waals surface area contributed by atoms with E-state index in [-0.39, 0.29) is 17.4 Å². The van der Waals surface area contributed by atoms with E-state index in [1.165, 1.54) is 4.88 Å². The van der Waals surface area contributed by atoms with Crippen LogP contribution in [-0.4, -0.2) is 44.2 Å². The van der Waals surface area contributed by atoms with Crippen molar-refractivity contribution in [1.82, 2.24) is 16.0 Å². The molecule has 1 aliphatic rings. The second kappa shape index (κ2) is 11.3. The van der Waals surface area contributed by atoms with Crippen LogP contribution in [0.3, 0.4) is 0 Å². The Morgan fingerprint density at radius 3 is 2.81 bits per heavy atom. The van der Waals surface area contributed by atoms with Crippen LogP contribution in [0.4, 0.5) is 0 Å². The number of ether oxygens (including phenoxy) is 1. The fourth-order valence-corrected chi connectivity index (χ4v) is 4.34. The lowest BCUT2D eigenvalue weighted by Gasteiger charge is -2.25. The Morgan fingerprint density at radius 2 is 2.10 bits per heavy atom. The zero-order valence-electron chi connectivity index (χ0n) is 18.7. The number of hydrogen-bond acceptors (Lipinski definition) is 4. The highest BCUT2D eigenvalue weighted by atomic mass is 32.1. The molecule has 1 saturated heterocycles. The minimum absolute atomic E-state index is 0.0192. The monoisotopic (exact) mass is 442 g/mol. The average Bonchev–Trinajstić information content (AvgIpc) is 3.49. The van der Waals surface area contributed by atoms with E-state index in [4.69, 9.17) is 9.73 Å². The predicted molar refractivity (Wildman–Crippen MR) is 128 cm³/mol. The van der Waals surface area contributed by atoms with Gasteiger partial charge in [-0.2, -0.15) is 0 Å². The van der Waals surface area contributed by atoms with E-state index >= 15 is 0 Å². The zero-order chi connectivity index (χ0) is 22.1. The summed E-state index contributed by atoms with van der Waals surface area (Å²) >= 11 is 1.78. The molecule has 168 valence electrons. The van der Waals surface area contributed by atoms with Gasteiger partial charge in [-0.15, -0.1) is 11.3 Å². The number of thiophene rings is 1. The molecule has 1 unspecified atom stereocenters. The Morgan fingerprint density at radius 1 is 1.23 bits per heavy atom. The van der Waals surface area contributed by atoms with Crippen LogP contribution in [0.1, 0.15) is 54.4 Å². The molecule has 6 nitrogen and oxygen atoms in total. The standard InChI is InChI=1S/C24H34N4O2S/c1-4-25-23(28-17-24(2,3)21-11-7-13-31-21)27-15-18-8-5-9-19(14-18)22(29)26-16-20-10-6-12-30-20/h5,7-9,11,13-14,20H,4,6,10,12,15-17H2,1-3H3,(H,26,29)(H2,25,27,28). The highest BCUT2D eigenvalue weighted by Gasteiger charge is 2.22. The average molecular weight is 443 g/mol. The van der Waals surface area contributed by atoms with Gasteiger partial charge in [0.25, 0.3) is 5.91 Å². The Hall–Kier alpha value is -2.38. The fraction of sp³-hybridized carbons (Fsp3) is 0.500. The SMILES string of the molecule is CCNC(=NCc1cccc(C(=O)NCC2CCCO2)c1)NCC(C)(C)c1cccs1. The van der Waals surface area contributed by atoms with E-state index < -0.39 is 0 Å². The number of carbonyl (C=O) groups is 1. The number of benzene rings is 1. The van der Waals surface area contributed by atoms with Gasteiger partial charge in [0.1, 0.15) is 0 Å². The first kappa shape index (κ1) is 23.3. The molecule has 2 heterocycles. The molecule has 1 fully saturated rings. The molecule has 0 bridgehead atoms. The van der Waals surface area contributed by atoms with Crippen LogP contribution in [0.2, 0.25) is 0 Å². The molecule has 0 radical (unpaired) electrons. The van der Waals surface area contributed by atoms with Crippen molar-refractivity contribution in [3.05, 3.63) is 57.8 Å². The van der Waals surface area contributed by atoms with Crippen molar-refractivity contribution in [2.24, 2.45) is 4.99 Å². The zero-order valence-corrected chi connectivity index (χ0v) is 19.6. The minimum Gasteiger partial charge on any atom is -0.376 e. The summed E-state index contributed by atoms with van der Waals surface area (Å²) in [6.07, 6.45) is 2.23. The molecule has 2 aromatic rings. The van der Waals surface area contributed by atoms with Gasteiger partial charge in [-0.25, -0.2) is 4.99 Å². The normalized spacial score (nSPS) is 16.9. The Balaban J connectivity index is 1.57. The maximum absolute atomic E-state index is 12.5. The van der Waals surface area contributed by atoms with Crippen LogP contribution >= 0.6 is 11.3 Å². The maximum atomic E-state index is 12.5. The van der Waals surface area contributed by atoms with Crippen LogP contribution in [0.5, 0.6) is 0 Å². The van der Waals surface area contributed by atoms with Crippen molar-refractivity contribution in [2.75, 3.05) is 26.2 Å². The lowest BCUT2D eigenvalue weighted by Crippen LogP contribution is -2.43. The van der Waals surface area contributed by atoms with Gasteiger partial charge in [0.2, 0.25) is 0 Å². The van der Waals surface area contributed by atoms with Gasteiger partial charge in [0, 0.05) is 42.1 Å². The molecule has 1 atom stereocenters. The molecule has 3 rings (SSSR count). The molecule has 1 aromatic heterocycles. The van der Waals surface area contributed by atoms with Crippen molar-refractivity contribution in [3.8, 4) is 0 Å². The summed E-state index contributed by atoms with van der Waals surface area (Å²) in [5, 5.41) is 11.9. The number of amides is 1. The highest BCUT2D eigenvalue weighted by molar-refractivity contribution is 7.10. The Labute approximate surface area is 189 Å². The first-order valence-corrected chi connectivity index (χ1v) is 11.9. The summed E-state index contributed by atoms with van der Waals surface area (Å²) in [5.41, 5.74) is 1.67. The number of nitrogens with zero attached hydrogens (tertiary/aromatic N) is 1. The van der Waals surface area contributed by atoms with Gasteiger partial charge >= 0.3 is 0 Å². The van der Waals surface area contributed by atoms with E-state index in [1.807, 2.05) is 24.3 Å². The summed E-state index contributed by atoms with van der Waals surface area (Å²) in [6, 6.07) is 11.9. The lowest BCUT2D eigenvalue weighted by molar-refractivity contribution is 0.0857. The molecular weight excluding hydrogens is 408 g/mol. The summed E-state index contributed by atoms with van der Waals surface area (Å²) in [5.74, 6) is 0.712. The molecule has 31 heavy (non-hydrogen) atoms. The van der Waals surface area contributed by atoms with Gasteiger partial charge in [-0.1, -0.05) is 32.0 Å². The quantitative estimate of drug-likeness (QED) is 0.409. The maximum Gasteiger partial charge on any atom is 0.251 e. The second-order valence-electron chi connectivity index (χ2n) is 8.46. The molecule has 1 aromatic carbocycles. The summed E-state index contributed by atoms with van der Waals surface area (Å²) in [7, 11) is 0. The van der Waals surface area contributed by atoms with Crippen LogP contribution in [0.15, 0.2) is 46.8 Å². The minimum atomic E-state index is -0.0657. The van der Waals surface area contributed by atoms with Crippen molar-refractivity contribution < 1.29 is 9.53 Å². The van der Waals surface area contributed by atoms with Gasteiger partial charge in [-0.3, -0.25) is 4.79 Å². The Kier molecular flexibility index (Phi) is 8.49. The van der Waals surface area contributed by atoms with Crippen LogP contribution in [0, 0.1) is 0 Å². The second-order valence-corrected chi connectivity index (χ2v) is 9.40. The van der Waals surface area contributed by atoms with Crippen molar-refractivity contribution >= 4 is 23.2 Å². The van der Waals surface area contributed by atoms with E-state index in [9.17, 15) is 4.79 Å². The summed E-state index contributed by atoms with van der Waals surface area (Å²) in [4.78, 5) is 18.6. The van der Waals surface area contributed by atoms with E-state index in [1.54, 1.807) is 11.3 Å². The van der Waals surface area contributed by atoms with Gasteiger partial charge in [-0.05, 0) is 48.9 Å². The van der Waals surface area contributed by atoms with E-state index in [0.717, 1.165) is 44.1 Å². The molecule has 0 spiro atoms. The van der Waals surface area contributed by atoms with Gasteiger partial charge in [0.05, 0.1) is 12.6 Å². The molecule has 0 aliphatic carbocycles. The van der Waals surface area contributed by atoms with Gasteiger partial charge < -0.3 is 20.7 Å². The molecule has 3 N–H and O–H groups in total. The lowest BCUT2D eigenvalue weighted by atomic mass is 9.91. The third-order valence-corrected chi connectivity index (χ3v) is 6.59. The topological polar surface area (TPSA) is 74.8 Å². The number of aliphatic imine (C=N–C) groups is 1. The molecule has 0 saturated carbocycles. The molecule has 7 heteroatoms. The number of rotatable bonds is 9. The Bertz CT molecular complexity index is 858. The third kappa shape index (κ3) is 7.08. The van der Waals surface area contributed by atoms with E-state index in [0.29, 0.717) is 18.7 Å². The van der Waals surface area contributed by atoms with Crippen molar-refractivity contribution in [3.63, 3.8) is 0 Å². The van der Waals surface area contributed by atoms with Crippen LogP contribution in [-0.2, 0) is 16.7 Å². The molecule has 1 aliphatic heterocycles. The number of carbonyl (C=O) groups excluding carboxylic acids is 1. The predicted octanol–water partition coefficient (Wildman–Crippen LogP) is 3.69. The fourth-order valence-electron chi connectivity index (χ4n) is 3.49. The summed E-state index contributed by atoms with van der Waals surface area (Å²) in [6.45, 7) is 9.95. The number of guanidine groups is 1. The van der Waals surface area contributed by atoms with Crippen molar-refractivity contribution in [2.45, 2.75) is 51.7 Å². The van der Waals surface area contributed by atoms with Gasteiger partial charge in [0.15, 0.2) is 5.96 Å².